The summed E-state index contributed by atoms with van der Waals surface area (Å²) >= 11 is 0. The molecule has 2 aromatic carbocycles. The average molecular weight is 447 g/mol. The highest BCUT2D eigenvalue weighted by Gasteiger charge is 2.26. The highest BCUT2D eigenvalue weighted by molar-refractivity contribution is 5.82. The lowest BCUT2D eigenvalue weighted by Gasteiger charge is -2.25. The molecule has 0 spiro atoms. The molecule has 0 aliphatic rings. The predicted molar refractivity (Wildman–Crippen MR) is 128 cm³/mol. The van der Waals surface area contributed by atoms with Crippen LogP contribution in [0.3, 0.4) is 0 Å². The van der Waals surface area contributed by atoms with Gasteiger partial charge in [0, 0.05) is 18.7 Å². The van der Waals surface area contributed by atoms with Gasteiger partial charge in [-0.25, -0.2) is 0 Å². The molecule has 33 heavy (non-hydrogen) atoms. The molecule has 3 rings (SSSR count). The van der Waals surface area contributed by atoms with Gasteiger partial charge in [-0.3, -0.25) is 14.4 Å². The zero-order chi connectivity index (χ0) is 23.8. The average Bonchev–Trinajstić information content (AvgIpc) is 2.78. The molecule has 0 fully saturated rings. The second kappa shape index (κ2) is 11.3. The Kier molecular flexibility index (Phi) is 8.19. The van der Waals surface area contributed by atoms with Crippen molar-refractivity contribution in [2.24, 2.45) is 5.92 Å². The Morgan fingerprint density at radius 2 is 1.64 bits per heavy atom. The van der Waals surface area contributed by atoms with Crippen molar-refractivity contribution >= 4 is 11.7 Å². The first-order valence-corrected chi connectivity index (χ1v) is 11.1. The third-order valence-corrected chi connectivity index (χ3v) is 5.23. The lowest BCUT2D eigenvalue weighted by Crippen LogP contribution is -2.39. The molecule has 6 nitrogen and oxygen atoms in total. The molecule has 1 unspecified atom stereocenters. The van der Waals surface area contributed by atoms with E-state index < -0.39 is 12.1 Å². The smallest absolute Gasteiger partial charge is 0.251 e. The third-order valence-electron chi connectivity index (χ3n) is 5.23. The van der Waals surface area contributed by atoms with Gasteiger partial charge in [-0.15, -0.1) is 0 Å². The summed E-state index contributed by atoms with van der Waals surface area (Å²) in [5.41, 5.74) is 0.523. The second-order valence-corrected chi connectivity index (χ2v) is 8.55. The van der Waals surface area contributed by atoms with Crippen molar-refractivity contribution in [3.63, 3.8) is 0 Å². The number of Topliss-reactive ketones (excluding diaryl/α,β-unsaturated/α-hetero) is 1. The molecule has 0 saturated carbocycles. The number of rotatable bonds is 10. The summed E-state index contributed by atoms with van der Waals surface area (Å²) in [6, 6.07) is 20.4. The quantitative estimate of drug-likeness (QED) is 0.472. The molecule has 0 bridgehead atoms. The van der Waals surface area contributed by atoms with E-state index in [4.69, 9.17) is 4.74 Å². The molecular formula is C27H30N2O4. The summed E-state index contributed by atoms with van der Waals surface area (Å²) in [4.78, 5) is 37.8. The molecule has 1 amide bonds. The van der Waals surface area contributed by atoms with Crippen LogP contribution in [-0.2, 0) is 9.59 Å². The van der Waals surface area contributed by atoms with Crippen molar-refractivity contribution in [1.29, 1.82) is 0 Å². The lowest BCUT2D eigenvalue weighted by molar-refractivity contribution is -0.126. The van der Waals surface area contributed by atoms with Crippen LogP contribution in [0, 0.1) is 5.92 Å². The number of carbonyl (C=O) groups is 2. The van der Waals surface area contributed by atoms with Gasteiger partial charge in [0.15, 0.2) is 0 Å². The topological polar surface area (TPSA) is 77.4 Å². The molecule has 172 valence electrons. The fourth-order valence-corrected chi connectivity index (χ4v) is 3.72. The number of nitrogens with zero attached hydrogens (tertiary/aromatic N) is 1. The van der Waals surface area contributed by atoms with Crippen LogP contribution in [0.2, 0.25) is 0 Å². The minimum Gasteiger partial charge on any atom is -0.457 e. The van der Waals surface area contributed by atoms with Crippen LogP contribution in [0.1, 0.15) is 51.3 Å². The standard InChI is InChI=1S/C27H30N2O4/c1-19(2)16-25(29-15-8-7-14-26(29)31)27(32)28-24(17-20(3)30)21-10-9-13-23(18-21)33-22-11-5-4-6-12-22/h4-15,18-19,24-25H,16-17H2,1-3H3,(H,28,32)/t24-,25?/m0/s1. The Bertz CT molecular complexity index is 1140. The fraction of sp³-hybridized carbons (Fsp3) is 0.296. The number of ether oxygens (including phenoxy) is 1. The van der Waals surface area contributed by atoms with E-state index in [0.717, 1.165) is 5.56 Å². The van der Waals surface area contributed by atoms with Crippen LogP contribution in [0.25, 0.3) is 0 Å². The number of amides is 1. The van der Waals surface area contributed by atoms with Gasteiger partial charge in [0.1, 0.15) is 23.3 Å². The number of para-hydroxylation sites is 1. The van der Waals surface area contributed by atoms with Crippen LogP contribution in [-0.4, -0.2) is 16.3 Å². The number of nitrogens with one attached hydrogen (secondary N) is 1. The van der Waals surface area contributed by atoms with Crippen molar-refractivity contribution < 1.29 is 14.3 Å². The Morgan fingerprint density at radius 3 is 2.30 bits per heavy atom. The van der Waals surface area contributed by atoms with Crippen molar-refractivity contribution in [2.45, 2.75) is 45.7 Å². The van der Waals surface area contributed by atoms with Gasteiger partial charge in [-0.2, -0.15) is 0 Å². The van der Waals surface area contributed by atoms with Crippen molar-refractivity contribution in [3.8, 4) is 11.5 Å². The monoisotopic (exact) mass is 446 g/mol. The molecule has 3 aromatic rings. The lowest BCUT2D eigenvalue weighted by atomic mass is 9.98. The second-order valence-electron chi connectivity index (χ2n) is 8.55. The fourth-order valence-electron chi connectivity index (χ4n) is 3.72. The van der Waals surface area contributed by atoms with Gasteiger partial charge in [-0.1, -0.05) is 50.2 Å². The molecule has 1 aromatic heterocycles. The van der Waals surface area contributed by atoms with Crippen LogP contribution in [0.4, 0.5) is 0 Å². The van der Waals surface area contributed by atoms with E-state index in [2.05, 4.69) is 5.32 Å². The van der Waals surface area contributed by atoms with Gasteiger partial charge < -0.3 is 14.6 Å². The summed E-state index contributed by atoms with van der Waals surface area (Å²) in [7, 11) is 0. The van der Waals surface area contributed by atoms with E-state index >= 15 is 0 Å². The minimum absolute atomic E-state index is 0.0491. The van der Waals surface area contributed by atoms with E-state index in [1.165, 1.54) is 17.6 Å². The van der Waals surface area contributed by atoms with Crippen LogP contribution in [0.15, 0.2) is 83.8 Å². The molecule has 6 heteroatoms. The Balaban J connectivity index is 1.87. The number of hydrogen-bond donors (Lipinski definition) is 1. The Morgan fingerprint density at radius 1 is 0.939 bits per heavy atom. The van der Waals surface area contributed by atoms with Gasteiger partial charge in [0.2, 0.25) is 5.91 Å². The molecule has 0 saturated heterocycles. The molecule has 1 heterocycles. The van der Waals surface area contributed by atoms with E-state index in [1.54, 1.807) is 18.3 Å². The minimum atomic E-state index is -0.670. The number of benzene rings is 2. The molecule has 0 aliphatic carbocycles. The number of carbonyl (C=O) groups excluding carboxylic acids is 2. The van der Waals surface area contributed by atoms with Crippen molar-refractivity contribution in [1.82, 2.24) is 9.88 Å². The normalized spacial score (nSPS) is 12.7. The van der Waals surface area contributed by atoms with Gasteiger partial charge in [-0.05, 0) is 55.2 Å². The molecule has 0 aliphatic heterocycles. The largest absolute Gasteiger partial charge is 0.457 e. The first-order chi connectivity index (χ1) is 15.8. The van der Waals surface area contributed by atoms with E-state index in [0.29, 0.717) is 17.9 Å². The Labute approximate surface area is 194 Å². The van der Waals surface area contributed by atoms with E-state index in [-0.39, 0.29) is 29.6 Å². The van der Waals surface area contributed by atoms with Crippen LogP contribution < -0.4 is 15.6 Å². The van der Waals surface area contributed by atoms with Gasteiger partial charge >= 0.3 is 0 Å². The van der Waals surface area contributed by atoms with Crippen LogP contribution >= 0.6 is 0 Å². The number of ketones is 1. The molecule has 2 atom stereocenters. The highest BCUT2D eigenvalue weighted by Crippen LogP contribution is 2.27. The first kappa shape index (κ1) is 24.0. The van der Waals surface area contributed by atoms with Crippen molar-refractivity contribution in [3.05, 3.63) is 94.9 Å². The predicted octanol–water partition coefficient (Wildman–Crippen LogP) is 5.06. The van der Waals surface area contributed by atoms with Crippen LogP contribution in [0.5, 0.6) is 11.5 Å². The SMILES string of the molecule is CC(=O)C[C@H](NC(=O)C(CC(C)C)n1ccccc1=O)c1cccc(Oc2ccccc2)c1. The number of aromatic nitrogens is 1. The van der Waals surface area contributed by atoms with E-state index in [1.807, 2.05) is 68.4 Å². The maximum atomic E-state index is 13.4. The molecule has 0 radical (unpaired) electrons. The summed E-state index contributed by atoms with van der Waals surface area (Å²) in [5.74, 6) is 1.16. The zero-order valence-electron chi connectivity index (χ0n) is 19.2. The molecular weight excluding hydrogens is 416 g/mol. The maximum Gasteiger partial charge on any atom is 0.251 e. The summed E-state index contributed by atoms with van der Waals surface area (Å²) < 4.78 is 7.37. The number of pyridine rings is 1. The summed E-state index contributed by atoms with van der Waals surface area (Å²) in [6.07, 6.45) is 2.27. The van der Waals surface area contributed by atoms with Crippen molar-refractivity contribution in [2.75, 3.05) is 0 Å². The third kappa shape index (κ3) is 6.91. The van der Waals surface area contributed by atoms with E-state index in [9.17, 15) is 14.4 Å². The Hall–Kier alpha value is -3.67. The first-order valence-electron chi connectivity index (χ1n) is 11.1. The molecule has 1 N–H and O–H groups in total. The summed E-state index contributed by atoms with van der Waals surface area (Å²) in [6.45, 7) is 5.51. The number of hydrogen-bond acceptors (Lipinski definition) is 4. The highest BCUT2D eigenvalue weighted by atomic mass is 16.5. The van der Waals surface area contributed by atoms with Gasteiger partial charge in [0.25, 0.3) is 5.56 Å². The zero-order valence-corrected chi connectivity index (χ0v) is 19.2. The van der Waals surface area contributed by atoms with Gasteiger partial charge in [0.05, 0.1) is 6.04 Å². The summed E-state index contributed by atoms with van der Waals surface area (Å²) in [5, 5.41) is 3.01. The maximum absolute atomic E-state index is 13.4.